The van der Waals surface area contributed by atoms with Gasteiger partial charge in [0.1, 0.15) is 34.1 Å². The summed E-state index contributed by atoms with van der Waals surface area (Å²) in [5.41, 5.74) is 4.87. The average molecular weight is 613 g/mol. The number of nitrogens with zero attached hydrogens (tertiary/aromatic N) is 3. The zero-order valence-corrected chi connectivity index (χ0v) is 26.9. The van der Waals surface area contributed by atoms with E-state index < -0.39 is 11.6 Å². The standard InChI is InChI=1S/C35H40N4O6/c1-21-17-22(12-14-27(21)34(41)44-7)29-30-31(37-20-25-11-13-26(42-5)19-28(25)43-6)36-15-16-39(30)32(38-29)23-9-8-10-24(18-23)33(40)45-35(2,3)4/h11-19,24H,8-10,20H2,1-7H3,(H,36,37). The van der Waals surface area contributed by atoms with Crippen LogP contribution >= 0.6 is 0 Å². The van der Waals surface area contributed by atoms with E-state index in [1.807, 2.05) is 74.7 Å². The van der Waals surface area contributed by atoms with Crippen molar-refractivity contribution in [1.82, 2.24) is 14.4 Å². The van der Waals surface area contributed by atoms with E-state index >= 15 is 0 Å². The minimum atomic E-state index is -0.567. The fraction of sp³-hybridized carbons (Fsp3) is 0.371. The van der Waals surface area contributed by atoms with Crippen LogP contribution in [0.15, 0.2) is 54.9 Å². The number of carbonyl (C=O) groups excluding carboxylic acids is 2. The maximum absolute atomic E-state index is 13.0. The number of imidazole rings is 1. The van der Waals surface area contributed by atoms with Gasteiger partial charge < -0.3 is 24.3 Å². The van der Waals surface area contributed by atoms with Gasteiger partial charge in [-0.25, -0.2) is 14.8 Å². The van der Waals surface area contributed by atoms with Gasteiger partial charge in [-0.15, -0.1) is 0 Å². The molecule has 1 unspecified atom stereocenters. The van der Waals surface area contributed by atoms with Crippen LogP contribution in [0, 0.1) is 12.8 Å². The van der Waals surface area contributed by atoms with Crippen molar-refractivity contribution in [3.8, 4) is 22.8 Å². The number of anilines is 1. The molecule has 10 nitrogen and oxygen atoms in total. The lowest BCUT2D eigenvalue weighted by Gasteiger charge is -2.25. The molecule has 0 amide bonds. The molecule has 0 aliphatic heterocycles. The number of rotatable bonds is 9. The van der Waals surface area contributed by atoms with Crippen molar-refractivity contribution in [3.63, 3.8) is 0 Å². The summed E-state index contributed by atoms with van der Waals surface area (Å²) in [5.74, 6) is 1.77. The number of ether oxygens (including phenoxy) is 4. The molecule has 2 heterocycles. The SMILES string of the molecule is COC(=O)c1ccc(-c2nc(C3=CC(C(=O)OC(C)(C)C)CCC3)n3ccnc(NCc4ccc(OC)cc4OC)c23)cc1C. The van der Waals surface area contributed by atoms with E-state index in [-0.39, 0.29) is 11.9 Å². The van der Waals surface area contributed by atoms with Crippen molar-refractivity contribution in [3.05, 3.63) is 77.4 Å². The molecule has 1 aliphatic carbocycles. The second kappa shape index (κ2) is 13.0. The van der Waals surface area contributed by atoms with Gasteiger partial charge in [0.25, 0.3) is 0 Å². The molecule has 4 aromatic rings. The van der Waals surface area contributed by atoms with Crippen molar-refractivity contribution in [1.29, 1.82) is 0 Å². The van der Waals surface area contributed by atoms with E-state index in [1.54, 1.807) is 26.5 Å². The second-order valence-corrected chi connectivity index (χ2v) is 12.1. The van der Waals surface area contributed by atoms with Crippen molar-refractivity contribution in [2.24, 2.45) is 5.92 Å². The molecule has 0 fully saturated rings. The number of hydrogen-bond acceptors (Lipinski definition) is 9. The van der Waals surface area contributed by atoms with E-state index in [4.69, 9.17) is 28.9 Å². The first kappa shape index (κ1) is 31.6. The zero-order valence-electron chi connectivity index (χ0n) is 26.9. The third-order valence-corrected chi connectivity index (χ3v) is 7.76. The number of aryl methyl sites for hydroxylation is 1. The number of allylic oxidation sites excluding steroid dienone is 1. The predicted molar refractivity (Wildman–Crippen MR) is 173 cm³/mol. The fourth-order valence-corrected chi connectivity index (χ4v) is 5.60. The third-order valence-electron chi connectivity index (χ3n) is 7.76. The summed E-state index contributed by atoms with van der Waals surface area (Å²) >= 11 is 0. The minimum absolute atomic E-state index is 0.229. The number of hydrogen-bond donors (Lipinski definition) is 1. The van der Waals surface area contributed by atoms with Crippen molar-refractivity contribution in [2.45, 2.75) is 59.1 Å². The Morgan fingerprint density at radius 1 is 1.07 bits per heavy atom. The van der Waals surface area contributed by atoms with Gasteiger partial charge in [0.2, 0.25) is 0 Å². The second-order valence-electron chi connectivity index (χ2n) is 12.1. The van der Waals surface area contributed by atoms with Crippen LogP contribution in [0.5, 0.6) is 11.5 Å². The van der Waals surface area contributed by atoms with Gasteiger partial charge in [-0.3, -0.25) is 9.20 Å². The first-order chi connectivity index (χ1) is 21.5. The van der Waals surface area contributed by atoms with E-state index in [2.05, 4.69) is 5.32 Å². The topological polar surface area (TPSA) is 113 Å². The van der Waals surface area contributed by atoms with Gasteiger partial charge in [-0.2, -0.15) is 0 Å². The first-order valence-corrected chi connectivity index (χ1v) is 15.0. The quantitative estimate of drug-likeness (QED) is 0.208. The number of benzene rings is 2. The molecular weight excluding hydrogens is 572 g/mol. The Hall–Kier alpha value is -4.86. The monoisotopic (exact) mass is 612 g/mol. The molecule has 10 heteroatoms. The molecule has 5 rings (SSSR count). The zero-order chi connectivity index (χ0) is 32.3. The lowest BCUT2D eigenvalue weighted by Crippen LogP contribution is -2.29. The predicted octanol–water partition coefficient (Wildman–Crippen LogP) is 6.65. The van der Waals surface area contributed by atoms with Gasteiger partial charge >= 0.3 is 11.9 Å². The van der Waals surface area contributed by atoms with Crippen LogP contribution < -0.4 is 14.8 Å². The largest absolute Gasteiger partial charge is 0.497 e. The molecule has 0 saturated carbocycles. The summed E-state index contributed by atoms with van der Waals surface area (Å²) in [4.78, 5) is 35.2. The van der Waals surface area contributed by atoms with E-state index in [9.17, 15) is 9.59 Å². The molecule has 1 atom stereocenters. The molecule has 2 aromatic carbocycles. The number of carbonyl (C=O) groups is 2. The van der Waals surface area contributed by atoms with Crippen LogP contribution in [-0.4, -0.2) is 53.2 Å². The summed E-state index contributed by atoms with van der Waals surface area (Å²) < 4.78 is 23.7. The average Bonchev–Trinajstić information content (AvgIpc) is 3.43. The Bertz CT molecular complexity index is 1770. The molecule has 45 heavy (non-hydrogen) atoms. The van der Waals surface area contributed by atoms with Gasteiger partial charge in [0.05, 0.1) is 32.8 Å². The van der Waals surface area contributed by atoms with E-state index in [1.165, 1.54) is 7.11 Å². The molecule has 0 spiro atoms. The van der Waals surface area contributed by atoms with Gasteiger partial charge in [0.15, 0.2) is 5.82 Å². The van der Waals surface area contributed by atoms with Gasteiger partial charge in [-0.1, -0.05) is 12.1 Å². The van der Waals surface area contributed by atoms with Gasteiger partial charge in [0, 0.05) is 36.1 Å². The van der Waals surface area contributed by atoms with Crippen molar-refractivity contribution < 1.29 is 28.5 Å². The van der Waals surface area contributed by atoms with Crippen LogP contribution in [0.25, 0.3) is 22.3 Å². The number of esters is 2. The third kappa shape index (κ3) is 6.79. The molecular formula is C35H40N4O6. The number of methoxy groups -OCH3 is 3. The van der Waals surface area contributed by atoms with Crippen LogP contribution in [-0.2, 0) is 20.8 Å². The summed E-state index contributed by atoms with van der Waals surface area (Å²) in [6.45, 7) is 7.94. The molecule has 0 bridgehead atoms. The number of fused-ring (bicyclic) bond motifs is 1. The van der Waals surface area contributed by atoms with Crippen LogP contribution in [0.1, 0.15) is 67.3 Å². The lowest BCUT2D eigenvalue weighted by molar-refractivity contribution is -0.158. The van der Waals surface area contributed by atoms with Crippen LogP contribution in [0.2, 0.25) is 0 Å². The minimum Gasteiger partial charge on any atom is -0.497 e. The van der Waals surface area contributed by atoms with E-state index in [0.717, 1.165) is 52.9 Å². The molecule has 1 aliphatic rings. The Morgan fingerprint density at radius 3 is 2.56 bits per heavy atom. The van der Waals surface area contributed by atoms with Gasteiger partial charge in [-0.05, 0) is 82.4 Å². The summed E-state index contributed by atoms with van der Waals surface area (Å²) in [6, 6.07) is 11.2. The highest BCUT2D eigenvalue weighted by molar-refractivity contribution is 5.94. The molecule has 1 N–H and O–H groups in total. The first-order valence-electron chi connectivity index (χ1n) is 15.0. The van der Waals surface area contributed by atoms with Crippen LogP contribution in [0.4, 0.5) is 5.82 Å². The van der Waals surface area contributed by atoms with Crippen molar-refractivity contribution in [2.75, 3.05) is 26.6 Å². The normalized spacial score (nSPS) is 14.9. The van der Waals surface area contributed by atoms with E-state index in [0.29, 0.717) is 35.1 Å². The summed E-state index contributed by atoms with van der Waals surface area (Å²) in [5, 5.41) is 3.49. The Labute approximate surface area is 263 Å². The highest BCUT2D eigenvalue weighted by Crippen LogP contribution is 2.37. The summed E-state index contributed by atoms with van der Waals surface area (Å²) in [6.07, 6.45) is 7.94. The maximum Gasteiger partial charge on any atom is 0.338 e. The molecule has 0 saturated heterocycles. The molecule has 236 valence electrons. The maximum atomic E-state index is 13.0. The fourth-order valence-electron chi connectivity index (χ4n) is 5.60. The molecule has 0 radical (unpaired) electrons. The Morgan fingerprint density at radius 2 is 1.87 bits per heavy atom. The molecule has 2 aromatic heterocycles. The number of aromatic nitrogens is 3. The lowest BCUT2D eigenvalue weighted by atomic mass is 9.90. The van der Waals surface area contributed by atoms with Crippen LogP contribution in [0.3, 0.4) is 0 Å². The number of nitrogens with one attached hydrogen (secondary N) is 1. The Balaban J connectivity index is 1.61. The summed E-state index contributed by atoms with van der Waals surface area (Å²) in [7, 11) is 4.61. The highest BCUT2D eigenvalue weighted by atomic mass is 16.6. The smallest absolute Gasteiger partial charge is 0.338 e. The Kier molecular flexibility index (Phi) is 9.13. The van der Waals surface area contributed by atoms with Crippen molar-refractivity contribution >= 4 is 28.8 Å². The highest BCUT2D eigenvalue weighted by Gasteiger charge is 2.29.